The van der Waals surface area contributed by atoms with E-state index >= 15 is 0 Å². The molecule has 1 N–H and O–H groups in total. The average Bonchev–Trinajstić information content (AvgIpc) is 3.41. The van der Waals surface area contributed by atoms with Crippen LogP contribution in [0.15, 0.2) is 94.6 Å². The molecule has 11 nitrogen and oxygen atoms in total. The van der Waals surface area contributed by atoms with Crippen LogP contribution in [-0.2, 0) is 29.4 Å². The Bertz CT molecular complexity index is 1750. The fourth-order valence-electron chi connectivity index (χ4n) is 5.43. The summed E-state index contributed by atoms with van der Waals surface area (Å²) in [6.07, 6.45) is -0.433. The number of aromatic amines is 1. The third-order valence-electron chi connectivity index (χ3n) is 7.57. The minimum absolute atomic E-state index is 0.0237. The third kappa shape index (κ3) is 6.48. The van der Waals surface area contributed by atoms with Crippen LogP contribution in [0.25, 0.3) is 0 Å². The largest absolute Gasteiger partial charge is 0.497 e. The Kier molecular flexibility index (Phi) is 9.07. The first kappa shape index (κ1) is 31.2. The van der Waals surface area contributed by atoms with E-state index in [1.54, 1.807) is 21.1 Å². The van der Waals surface area contributed by atoms with Crippen LogP contribution in [0.5, 0.6) is 11.5 Å². The van der Waals surface area contributed by atoms with E-state index in [1.165, 1.54) is 10.8 Å². The Morgan fingerprint density at radius 1 is 0.886 bits per heavy atom. The van der Waals surface area contributed by atoms with Crippen LogP contribution in [0.1, 0.15) is 34.9 Å². The molecule has 0 amide bonds. The Morgan fingerprint density at radius 3 is 1.95 bits per heavy atom. The van der Waals surface area contributed by atoms with E-state index in [2.05, 4.69) is 4.98 Å². The van der Waals surface area contributed by atoms with Crippen molar-refractivity contribution < 1.29 is 31.5 Å². The van der Waals surface area contributed by atoms with Gasteiger partial charge in [-0.2, -0.15) is 8.42 Å². The Balaban J connectivity index is 1.59. The summed E-state index contributed by atoms with van der Waals surface area (Å²) in [5, 5.41) is 0. The van der Waals surface area contributed by atoms with Crippen molar-refractivity contribution in [2.24, 2.45) is 0 Å². The van der Waals surface area contributed by atoms with Crippen LogP contribution in [-0.4, -0.2) is 57.3 Å². The van der Waals surface area contributed by atoms with Crippen molar-refractivity contribution in [3.8, 4) is 11.5 Å². The molecule has 0 saturated carbocycles. The Labute approximate surface area is 255 Å². The van der Waals surface area contributed by atoms with E-state index in [9.17, 15) is 18.0 Å². The molecule has 3 atom stereocenters. The first-order chi connectivity index (χ1) is 21.0. The molecular weight excluding hydrogens is 588 g/mol. The Morgan fingerprint density at radius 2 is 1.43 bits per heavy atom. The topological polar surface area (TPSA) is 135 Å². The molecule has 2 heterocycles. The SMILES string of the molecule is COc1ccc(C(OC[C@H]2O[C@@H](n3cc(C)c(=O)[nH]c3=O)C[C@@H]2OS(C)(=O)=O)(c2ccccc2)c2ccc(OC)cc2)cc1. The monoisotopic (exact) mass is 622 g/mol. The molecule has 5 rings (SSSR count). The average molecular weight is 623 g/mol. The number of nitrogens with zero attached hydrogens (tertiary/aromatic N) is 1. The van der Waals surface area contributed by atoms with Crippen LogP contribution in [0.3, 0.4) is 0 Å². The minimum atomic E-state index is -3.91. The fourth-order valence-corrected chi connectivity index (χ4v) is 6.08. The molecule has 232 valence electrons. The highest BCUT2D eigenvalue weighted by Crippen LogP contribution is 2.43. The van der Waals surface area contributed by atoms with Gasteiger partial charge in [0.05, 0.1) is 27.1 Å². The van der Waals surface area contributed by atoms with E-state index in [4.69, 9.17) is 23.1 Å². The third-order valence-corrected chi connectivity index (χ3v) is 8.17. The molecule has 1 saturated heterocycles. The number of H-pyrrole nitrogens is 1. The van der Waals surface area contributed by atoms with Gasteiger partial charge in [-0.05, 0) is 47.9 Å². The van der Waals surface area contributed by atoms with Crippen LogP contribution < -0.4 is 20.7 Å². The van der Waals surface area contributed by atoms with Gasteiger partial charge in [-0.15, -0.1) is 0 Å². The molecule has 0 unspecified atom stereocenters. The van der Waals surface area contributed by atoms with Gasteiger partial charge < -0.3 is 18.9 Å². The van der Waals surface area contributed by atoms with E-state index in [-0.39, 0.29) is 13.0 Å². The number of aromatic nitrogens is 2. The maximum atomic E-state index is 12.7. The summed E-state index contributed by atoms with van der Waals surface area (Å²) in [6, 6.07) is 24.6. The molecular formula is C32H34N2O9S. The van der Waals surface area contributed by atoms with E-state index in [0.29, 0.717) is 17.1 Å². The number of hydrogen-bond acceptors (Lipinski definition) is 9. The lowest BCUT2D eigenvalue weighted by atomic mass is 9.80. The fraction of sp³-hybridized carbons (Fsp3) is 0.312. The normalized spacial score (nSPS) is 18.7. The summed E-state index contributed by atoms with van der Waals surface area (Å²) in [5.74, 6) is 1.33. The lowest BCUT2D eigenvalue weighted by molar-refractivity contribution is -0.0910. The zero-order valence-corrected chi connectivity index (χ0v) is 25.6. The number of rotatable bonds is 11. The second kappa shape index (κ2) is 12.8. The number of methoxy groups -OCH3 is 2. The smallest absolute Gasteiger partial charge is 0.330 e. The van der Waals surface area contributed by atoms with Crippen LogP contribution in [0, 0.1) is 6.92 Å². The standard InChI is InChI=1S/C32H34N2O9S/c1-21-19-34(31(36)33-30(21)35)29-18-27(43-44(4,37)38)28(42-29)20-41-32(22-8-6-5-7-9-22,23-10-14-25(39-2)15-11-23)24-12-16-26(40-3)17-13-24/h5-17,19,27-29H,18,20H2,1-4H3,(H,33,35,36)/t27-,28+,29+/m0/s1. The van der Waals surface area contributed by atoms with Crippen molar-refractivity contribution in [1.29, 1.82) is 0 Å². The lowest BCUT2D eigenvalue weighted by Crippen LogP contribution is -2.39. The van der Waals surface area contributed by atoms with E-state index in [0.717, 1.165) is 22.9 Å². The molecule has 0 aliphatic carbocycles. The number of nitrogens with one attached hydrogen (secondary N) is 1. The summed E-state index contributed by atoms with van der Waals surface area (Å²) in [7, 11) is -0.730. The second-order valence-corrected chi connectivity index (χ2v) is 12.1. The second-order valence-electron chi connectivity index (χ2n) is 10.5. The van der Waals surface area contributed by atoms with Crippen molar-refractivity contribution in [2.45, 2.75) is 37.4 Å². The lowest BCUT2D eigenvalue weighted by Gasteiger charge is -2.37. The maximum Gasteiger partial charge on any atom is 0.330 e. The molecule has 0 bridgehead atoms. The summed E-state index contributed by atoms with van der Waals surface area (Å²) < 4.78 is 55.2. The molecule has 12 heteroatoms. The van der Waals surface area contributed by atoms with Crippen molar-refractivity contribution in [3.05, 3.63) is 128 Å². The summed E-state index contributed by atoms with van der Waals surface area (Å²) >= 11 is 0. The first-order valence-corrected chi connectivity index (χ1v) is 15.7. The highest BCUT2D eigenvalue weighted by Gasteiger charge is 2.44. The molecule has 1 fully saturated rings. The minimum Gasteiger partial charge on any atom is -0.497 e. The van der Waals surface area contributed by atoms with Gasteiger partial charge in [0.15, 0.2) is 0 Å². The van der Waals surface area contributed by atoms with Crippen molar-refractivity contribution in [3.63, 3.8) is 0 Å². The van der Waals surface area contributed by atoms with Crippen molar-refractivity contribution >= 4 is 10.1 Å². The zero-order chi connectivity index (χ0) is 31.5. The van der Waals surface area contributed by atoms with E-state index in [1.807, 2.05) is 78.9 Å². The van der Waals surface area contributed by atoms with Gasteiger partial charge in [-0.3, -0.25) is 18.5 Å². The van der Waals surface area contributed by atoms with Crippen molar-refractivity contribution in [2.75, 3.05) is 27.1 Å². The van der Waals surface area contributed by atoms with Crippen LogP contribution in [0.4, 0.5) is 0 Å². The number of hydrogen-bond donors (Lipinski definition) is 1. The van der Waals surface area contributed by atoms with Crippen molar-refractivity contribution in [1.82, 2.24) is 9.55 Å². The quantitative estimate of drug-likeness (QED) is 0.197. The van der Waals surface area contributed by atoms with Gasteiger partial charge in [-0.1, -0.05) is 54.6 Å². The van der Waals surface area contributed by atoms with Crippen LogP contribution in [0.2, 0.25) is 0 Å². The molecule has 1 aliphatic heterocycles. The number of ether oxygens (including phenoxy) is 4. The van der Waals surface area contributed by atoms with E-state index < -0.39 is 45.4 Å². The van der Waals surface area contributed by atoms with Gasteiger partial charge in [0.2, 0.25) is 0 Å². The Hall–Kier alpha value is -4.23. The number of aryl methyl sites for hydroxylation is 1. The van der Waals surface area contributed by atoms with Crippen LogP contribution >= 0.6 is 0 Å². The molecule has 3 aromatic carbocycles. The summed E-state index contributed by atoms with van der Waals surface area (Å²) in [5.41, 5.74) is 0.269. The molecule has 4 aromatic rings. The number of benzene rings is 3. The predicted molar refractivity (Wildman–Crippen MR) is 163 cm³/mol. The highest BCUT2D eigenvalue weighted by molar-refractivity contribution is 7.86. The highest BCUT2D eigenvalue weighted by atomic mass is 32.2. The summed E-state index contributed by atoms with van der Waals surface area (Å²) in [6.45, 7) is 1.44. The van der Waals surface area contributed by atoms with Gasteiger partial charge in [0, 0.05) is 18.2 Å². The van der Waals surface area contributed by atoms with Gasteiger partial charge in [-0.25, -0.2) is 4.79 Å². The van der Waals surface area contributed by atoms with Gasteiger partial charge >= 0.3 is 5.69 Å². The molecule has 44 heavy (non-hydrogen) atoms. The maximum absolute atomic E-state index is 12.7. The van der Waals surface area contributed by atoms with Gasteiger partial charge in [0.1, 0.15) is 35.5 Å². The zero-order valence-electron chi connectivity index (χ0n) is 24.8. The molecule has 1 aliphatic rings. The van der Waals surface area contributed by atoms with Gasteiger partial charge in [0.25, 0.3) is 15.7 Å². The molecule has 1 aromatic heterocycles. The predicted octanol–water partition coefficient (Wildman–Crippen LogP) is 3.50. The summed E-state index contributed by atoms with van der Waals surface area (Å²) in [4.78, 5) is 26.9. The molecule has 0 radical (unpaired) electrons. The molecule has 0 spiro atoms. The first-order valence-electron chi connectivity index (χ1n) is 13.9.